The van der Waals surface area contributed by atoms with Gasteiger partial charge in [-0.25, -0.2) is 0 Å². The van der Waals surface area contributed by atoms with Crippen LogP contribution in [-0.2, 0) is 4.74 Å². The first-order chi connectivity index (χ1) is 5.06. The van der Waals surface area contributed by atoms with Gasteiger partial charge in [0.2, 0.25) is 0 Å². The summed E-state index contributed by atoms with van der Waals surface area (Å²) in [6.45, 7) is 1.37. The van der Waals surface area contributed by atoms with E-state index in [0.29, 0.717) is 21.0 Å². The van der Waals surface area contributed by atoms with Crippen LogP contribution in [0.15, 0.2) is 0 Å². The van der Waals surface area contributed by atoms with Crippen molar-refractivity contribution in [1.82, 2.24) is 0 Å². The van der Waals surface area contributed by atoms with Crippen LogP contribution in [0.3, 0.4) is 0 Å². The molecular formula is C6H10F4O2. The number of rotatable bonds is 2. The van der Waals surface area contributed by atoms with Crippen LogP contribution in [0.1, 0.15) is 13.8 Å². The Morgan fingerprint density at radius 1 is 1.08 bits per heavy atom. The predicted molar refractivity (Wildman–Crippen MR) is 33.2 cm³/mol. The van der Waals surface area contributed by atoms with Crippen LogP contribution >= 0.6 is 0 Å². The normalized spacial score (nSPS) is 19.0. The predicted octanol–water partition coefficient (Wildman–Crippen LogP) is 1.63. The second-order valence-electron chi connectivity index (χ2n) is 2.86. The van der Waals surface area contributed by atoms with Gasteiger partial charge in [0, 0.05) is 7.11 Å². The van der Waals surface area contributed by atoms with E-state index in [1.54, 1.807) is 0 Å². The van der Waals surface area contributed by atoms with E-state index < -0.39 is 17.6 Å². The molecule has 0 saturated carbocycles. The molecule has 74 valence electrons. The van der Waals surface area contributed by atoms with E-state index in [2.05, 4.69) is 4.74 Å². The fourth-order valence-electron chi connectivity index (χ4n) is 0.712. The maximum atomic E-state index is 12.9. The number of methoxy groups -OCH3 is 1. The van der Waals surface area contributed by atoms with E-state index in [1.807, 2.05) is 0 Å². The summed E-state index contributed by atoms with van der Waals surface area (Å²) in [4.78, 5) is 0. The summed E-state index contributed by atoms with van der Waals surface area (Å²) >= 11 is 0. The molecule has 0 radical (unpaired) electrons. The first-order valence-electron chi connectivity index (χ1n) is 3.09. The molecule has 0 rings (SSSR count). The largest absolute Gasteiger partial charge is 0.451 e. The fraction of sp³-hybridized carbons (Fsp3) is 1.00. The minimum Gasteiger partial charge on any atom is -0.384 e. The van der Waals surface area contributed by atoms with Crippen LogP contribution in [0.5, 0.6) is 0 Å². The summed E-state index contributed by atoms with van der Waals surface area (Å²) in [6.07, 6.45) is -5.25. The maximum absolute atomic E-state index is 12.9. The molecule has 2 nitrogen and oxygen atoms in total. The van der Waals surface area contributed by atoms with E-state index >= 15 is 0 Å². The SMILES string of the molecule is COC(F)(C(C)(C)O)C(F)(F)F. The lowest BCUT2D eigenvalue weighted by molar-refractivity contribution is -0.374. The van der Waals surface area contributed by atoms with Crippen LogP contribution in [0, 0.1) is 0 Å². The molecule has 0 heterocycles. The van der Waals surface area contributed by atoms with Crippen LogP contribution in [0.25, 0.3) is 0 Å². The number of ether oxygens (including phenoxy) is 1. The van der Waals surface area contributed by atoms with Gasteiger partial charge in [-0.15, -0.1) is 0 Å². The molecule has 0 aliphatic heterocycles. The molecule has 1 unspecified atom stereocenters. The van der Waals surface area contributed by atoms with Gasteiger partial charge in [0.1, 0.15) is 5.60 Å². The first-order valence-corrected chi connectivity index (χ1v) is 3.09. The smallest absolute Gasteiger partial charge is 0.384 e. The highest BCUT2D eigenvalue weighted by Gasteiger charge is 2.65. The topological polar surface area (TPSA) is 29.5 Å². The third-order valence-corrected chi connectivity index (χ3v) is 1.43. The standard InChI is InChI=1S/C6H10F4O2/c1-4(2,11)5(7,12-3)6(8,9)10/h11H,1-3H3. The van der Waals surface area contributed by atoms with Crippen molar-refractivity contribution in [2.75, 3.05) is 7.11 Å². The zero-order valence-electron chi connectivity index (χ0n) is 6.87. The molecule has 1 atom stereocenters. The Morgan fingerprint density at radius 2 is 1.42 bits per heavy atom. The van der Waals surface area contributed by atoms with Crippen molar-refractivity contribution in [2.24, 2.45) is 0 Å². The van der Waals surface area contributed by atoms with E-state index in [0.717, 1.165) is 0 Å². The molecule has 1 N–H and O–H groups in total. The van der Waals surface area contributed by atoms with Gasteiger partial charge in [-0.1, -0.05) is 0 Å². The second-order valence-corrected chi connectivity index (χ2v) is 2.86. The lowest BCUT2D eigenvalue weighted by atomic mass is 9.99. The van der Waals surface area contributed by atoms with Gasteiger partial charge >= 0.3 is 12.0 Å². The van der Waals surface area contributed by atoms with Gasteiger partial charge < -0.3 is 9.84 Å². The Kier molecular flexibility index (Phi) is 2.76. The van der Waals surface area contributed by atoms with Crippen LogP contribution < -0.4 is 0 Å². The van der Waals surface area contributed by atoms with E-state index in [-0.39, 0.29) is 0 Å². The number of alkyl halides is 4. The van der Waals surface area contributed by atoms with E-state index in [4.69, 9.17) is 5.11 Å². The molecule has 0 spiro atoms. The third-order valence-electron chi connectivity index (χ3n) is 1.43. The molecule has 0 bridgehead atoms. The molecule has 0 fully saturated rings. The molecule has 0 aliphatic rings. The second kappa shape index (κ2) is 2.85. The summed E-state index contributed by atoms with van der Waals surface area (Å²) in [5.74, 6) is -4.03. The number of aliphatic hydroxyl groups is 1. The molecular weight excluding hydrogens is 180 g/mol. The number of halogens is 4. The van der Waals surface area contributed by atoms with Gasteiger partial charge in [0.15, 0.2) is 0 Å². The Bertz CT molecular complexity index is 144. The number of hydrogen-bond acceptors (Lipinski definition) is 2. The van der Waals surface area contributed by atoms with Crippen molar-refractivity contribution < 1.29 is 27.4 Å². The zero-order valence-corrected chi connectivity index (χ0v) is 6.87. The fourth-order valence-corrected chi connectivity index (χ4v) is 0.712. The van der Waals surface area contributed by atoms with Crippen LogP contribution in [-0.4, -0.2) is 29.8 Å². The molecule has 0 saturated heterocycles. The Hall–Kier alpha value is -0.360. The minimum atomic E-state index is -5.25. The molecule has 12 heavy (non-hydrogen) atoms. The van der Waals surface area contributed by atoms with Crippen LogP contribution in [0.4, 0.5) is 17.6 Å². The highest BCUT2D eigenvalue weighted by molar-refractivity contribution is 4.92. The number of hydrogen-bond donors (Lipinski definition) is 1. The molecule has 0 aromatic heterocycles. The highest BCUT2D eigenvalue weighted by Crippen LogP contribution is 2.42. The molecule has 0 aliphatic carbocycles. The van der Waals surface area contributed by atoms with Gasteiger partial charge in [0.05, 0.1) is 0 Å². The summed E-state index contributed by atoms with van der Waals surface area (Å²) in [5.41, 5.74) is -2.62. The van der Waals surface area contributed by atoms with Crippen molar-refractivity contribution in [3.05, 3.63) is 0 Å². The maximum Gasteiger partial charge on any atom is 0.451 e. The molecule has 0 amide bonds. The van der Waals surface area contributed by atoms with E-state index in [9.17, 15) is 17.6 Å². The molecule has 0 aromatic carbocycles. The van der Waals surface area contributed by atoms with Crippen molar-refractivity contribution in [3.8, 4) is 0 Å². The van der Waals surface area contributed by atoms with Crippen LogP contribution in [0.2, 0.25) is 0 Å². The van der Waals surface area contributed by atoms with Crippen molar-refractivity contribution in [2.45, 2.75) is 31.5 Å². The lowest BCUT2D eigenvalue weighted by Gasteiger charge is -2.35. The van der Waals surface area contributed by atoms with Gasteiger partial charge in [-0.2, -0.15) is 17.6 Å². The van der Waals surface area contributed by atoms with Gasteiger partial charge in [-0.05, 0) is 13.8 Å². The van der Waals surface area contributed by atoms with Gasteiger partial charge in [0.25, 0.3) is 0 Å². The Morgan fingerprint density at radius 3 is 1.42 bits per heavy atom. The van der Waals surface area contributed by atoms with Crippen molar-refractivity contribution >= 4 is 0 Å². The van der Waals surface area contributed by atoms with Crippen molar-refractivity contribution in [1.29, 1.82) is 0 Å². The van der Waals surface area contributed by atoms with Gasteiger partial charge in [-0.3, -0.25) is 0 Å². The molecule has 0 aromatic rings. The summed E-state index contributed by atoms with van der Waals surface area (Å²) < 4.78 is 52.4. The zero-order chi connectivity index (χ0) is 10.2. The Balaban J connectivity index is 4.95. The monoisotopic (exact) mass is 190 g/mol. The molecule has 6 heteroatoms. The third kappa shape index (κ3) is 1.69. The quantitative estimate of drug-likeness (QED) is 0.670. The summed E-state index contributed by atoms with van der Waals surface area (Å²) in [6, 6.07) is 0. The summed E-state index contributed by atoms with van der Waals surface area (Å²) in [7, 11) is 0.547. The average molecular weight is 190 g/mol. The van der Waals surface area contributed by atoms with Crippen molar-refractivity contribution in [3.63, 3.8) is 0 Å². The first kappa shape index (κ1) is 11.6. The average Bonchev–Trinajstić information content (AvgIpc) is 1.81. The lowest BCUT2D eigenvalue weighted by Crippen LogP contribution is -2.58. The minimum absolute atomic E-state index is 0.547. The summed E-state index contributed by atoms with van der Waals surface area (Å²) in [5, 5.41) is 8.85. The van der Waals surface area contributed by atoms with E-state index in [1.165, 1.54) is 0 Å². The highest BCUT2D eigenvalue weighted by atomic mass is 19.4. The Labute approximate surface area is 67.1 Å².